The molecule has 0 radical (unpaired) electrons. The molecule has 0 bridgehead atoms. The molecular formula is C15H16N6. The lowest BCUT2D eigenvalue weighted by Crippen LogP contribution is -1.99. The molecule has 0 atom stereocenters. The van der Waals surface area contributed by atoms with Crippen molar-refractivity contribution >= 4 is 22.7 Å². The quantitative estimate of drug-likeness (QED) is 0.677. The largest absolute Gasteiger partial charge is 0.313 e. The summed E-state index contributed by atoms with van der Waals surface area (Å²) >= 11 is 0. The van der Waals surface area contributed by atoms with Crippen molar-refractivity contribution in [3.8, 4) is 0 Å². The van der Waals surface area contributed by atoms with E-state index in [1.54, 1.807) is 6.33 Å². The van der Waals surface area contributed by atoms with Gasteiger partial charge >= 0.3 is 0 Å². The average Bonchev–Trinajstić information content (AvgIpc) is 2.90. The summed E-state index contributed by atoms with van der Waals surface area (Å²) < 4.78 is 1.99. The first-order valence-electron chi connectivity index (χ1n) is 6.81. The van der Waals surface area contributed by atoms with Crippen molar-refractivity contribution in [1.29, 1.82) is 0 Å². The molecule has 21 heavy (non-hydrogen) atoms. The molecular weight excluding hydrogens is 264 g/mol. The zero-order valence-corrected chi connectivity index (χ0v) is 12.2. The van der Waals surface area contributed by atoms with Gasteiger partial charge < -0.3 is 4.57 Å². The van der Waals surface area contributed by atoms with Crippen molar-refractivity contribution in [2.75, 3.05) is 0 Å². The molecule has 3 aromatic rings. The normalized spacial score (nSPS) is 11.8. The molecule has 0 saturated heterocycles. The summed E-state index contributed by atoms with van der Waals surface area (Å²) in [6, 6.07) is 8.13. The van der Waals surface area contributed by atoms with E-state index in [1.165, 1.54) is 6.33 Å². The Morgan fingerprint density at radius 3 is 2.71 bits per heavy atom. The van der Waals surface area contributed by atoms with Crippen LogP contribution in [0.1, 0.15) is 25.5 Å². The van der Waals surface area contributed by atoms with Crippen molar-refractivity contribution < 1.29 is 0 Å². The molecule has 0 spiro atoms. The van der Waals surface area contributed by atoms with E-state index in [0.717, 1.165) is 16.9 Å². The van der Waals surface area contributed by atoms with Crippen LogP contribution in [0.15, 0.2) is 47.1 Å². The first-order chi connectivity index (χ1) is 10.1. The van der Waals surface area contributed by atoms with Crippen molar-refractivity contribution in [2.24, 2.45) is 10.2 Å². The van der Waals surface area contributed by atoms with Gasteiger partial charge in [0.05, 0.1) is 12.0 Å². The fourth-order valence-corrected chi connectivity index (χ4v) is 2.09. The molecule has 0 amide bonds. The summed E-state index contributed by atoms with van der Waals surface area (Å²) in [5.41, 5.74) is 3.38. The smallest absolute Gasteiger partial charge is 0.205 e. The van der Waals surface area contributed by atoms with Gasteiger partial charge in [0.15, 0.2) is 11.2 Å². The maximum Gasteiger partial charge on any atom is 0.205 e. The van der Waals surface area contributed by atoms with Crippen molar-refractivity contribution in [1.82, 2.24) is 19.5 Å². The fourth-order valence-electron chi connectivity index (χ4n) is 2.09. The minimum Gasteiger partial charge on any atom is -0.313 e. The lowest BCUT2D eigenvalue weighted by atomic mass is 10.2. The number of hydrogen-bond acceptors (Lipinski definition) is 5. The molecule has 0 saturated carbocycles. The van der Waals surface area contributed by atoms with E-state index in [2.05, 4.69) is 39.0 Å². The lowest BCUT2D eigenvalue weighted by molar-refractivity contribution is 0.612. The second-order valence-corrected chi connectivity index (χ2v) is 5.15. The third-order valence-electron chi connectivity index (χ3n) is 3.16. The lowest BCUT2D eigenvalue weighted by Gasteiger charge is -2.06. The van der Waals surface area contributed by atoms with Gasteiger partial charge in [0.25, 0.3) is 0 Å². The molecule has 0 unspecified atom stereocenters. The first kappa shape index (κ1) is 13.4. The van der Waals surface area contributed by atoms with Gasteiger partial charge in [0, 0.05) is 6.04 Å². The van der Waals surface area contributed by atoms with Crippen molar-refractivity contribution in [3.63, 3.8) is 0 Å². The Balaban J connectivity index is 2.01. The van der Waals surface area contributed by atoms with Crippen molar-refractivity contribution in [3.05, 3.63) is 42.5 Å². The van der Waals surface area contributed by atoms with Gasteiger partial charge in [-0.3, -0.25) is 0 Å². The van der Waals surface area contributed by atoms with Crippen LogP contribution in [-0.4, -0.2) is 19.5 Å². The number of hydrogen-bond donors (Lipinski definition) is 0. The summed E-state index contributed by atoms with van der Waals surface area (Å²) in [7, 11) is 0. The maximum atomic E-state index is 4.35. The third kappa shape index (κ3) is 2.65. The molecule has 6 nitrogen and oxygen atoms in total. The highest BCUT2D eigenvalue weighted by Crippen LogP contribution is 2.24. The summed E-state index contributed by atoms with van der Waals surface area (Å²) in [4.78, 5) is 12.8. The van der Waals surface area contributed by atoms with Gasteiger partial charge in [-0.05, 0) is 38.5 Å². The van der Waals surface area contributed by atoms with E-state index in [9.17, 15) is 0 Å². The Hall–Kier alpha value is -2.63. The van der Waals surface area contributed by atoms with Gasteiger partial charge in [0.1, 0.15) is 6.33 Å². The minimum absolute atomic E-state index is 0.284. The van der Waals surface area contributed by atoms with Gasteiger partial charge in [0.2, 0.25) is 5.82 Å². The Morgan fingerprint density at radius 2 is 1.95 bits per heavy atom. The zero-order valence-electron chi connectivity index (χ0n) is 12.2. The molecule has 0 aliphatic carbocycles. The minimum atomic E-state index is 0.284. The molecule has 2 heterocycles. The number of aromatic nitrogens is 4. The highest BCUT2D eigenvalue weighted by atomic mass is 15.2. The summed E-state index contributed by atoms with van der Waals surface area (Å²) in [6.07, 6.45) is 3.25. The summed E-state index contributed by atoms with van der Waals surface area (Å²) in [6.45, 7) is 6.18. The third-order valence-corrected chi connectivity index (χ3v) is 3.16. The van der Waals surface area contributed by atoms with Crippen LogP contribution < -0.4 is 0 Å². The topological polar surface area (TPSA) is 68.3 Å². The first-order valence-corrected chi connectivity index (χ1v) is 6.81. The van der Waals surface area contributed by atoms with Crippen LogP contribution in [0.5, 0.6) is 0 Å². The molecule has 6 heteroatoms. The maximum absolute atomic E-state index is 4.35. The molecule has 0 aliphatic heterocycles. The number of azo groups is 1. The van der Waals surface area contributed by atoms with Crippen molar-refractivity contribution in [2.45, 2.75) is 26.8 Å². The summed E-state index contributed by atoms with van der Waals surface area (Å²) in [5, 5.41) is 8.44. The zero-order chi connectivity index (χ0) is 14.8. The fraction of sp³-hybridized carbons (Fsp3) is 0.267. The SMILES string of the molecule is Cc1cccc(N=Nc2ncnc3c2ncn3C(C)C)c1. The predicted octanol–water partition coefficient (Wildman–Crippen LogP) is 4.13. The number of nitrogens with zero attached hydrogens (tertiary/aromatic N) is 6. The van der Waals surface area contributed by atoms with Gasteiger partial charge in [-0.2, -0.15) is 0 Å². The van der Waals surface area contributed by atoms with Crippen LogP contribution in [0, 0.1) is 6.92 Å². The molecule has 2 aromatic heterocycles. The Labute approximate surface area is 122 Å². The van der Waals surface area contributed by atoms with E-state index in [4.69, 9.17) is 0 Å². The van der Waals surface area contributed by atoms with Crippen LogP contribution >= 0.6 is 0 Å². The van der Waals surface area contributed by atoms with Crippen LogP contribution in [-0.2, 0) is 0 Å². The second-order valence-electron chi connectivity index (χ2n) is 5.15. The highest BCUT2D eigenvalue weighted by Gasteiger charge is 2.11. The standard InChI is InChI=1S/C15H16N6/c1-10(2)21-9-18-13-14(16-8-17-15(13)21)20-19-12-6-4-5-11(3)7-12/h4-10H,1-3H3. The van der Waals surface area contributed by atoms with Crippen LogP contribution in [0.3, 0.4) is 0 Å². The number of benzene rings is 1. The molecule has 3 rings (SSSR count). The van der Waals surface area contributed by atoms with Gasteiger partial charge in [-0.15, -0.1) is 10.2 Å². The number of fused-ring (bicyclic) bond motifs is 1. The van der Waals surface area contributed by atoms with Crippen LogP contribution in [0.4, 0.5) is 11.5 Å². The molecule has 0 aliphatic rings. The molecule has 0 fully saturated rings. The van der Waals surface area contributed by atoms with E-state index < -0.39 is 0 Å². The number of rotatable bonds is 3. The second kappa shape index (κ2) is 5.40. The Morgan fingerprint density at radius 1 is 1.10 bits per heavy atom. The van der Waals surface area contributed by atoms with E-state index in [-0.39, 0.29) is 6.04 Å². The molecule has 106 valence electrons. The van der Waals surface area contributed by atoms with E-state index >= 15 is 0 Å². The van der Waals surface area contributed by atoms with Crippen LogP contribution in [0.2, 0.25) is 0 Å². The van der Waals surface area contributed by atoms with Crippen LogP contribution in [0.25, 0.3) is 11.2 Å². The van der Waals surface area contributed by atoms with Gasteiger partial charge in [-0.25, -0.2) is 15.0 Å². The van der Waals surface area contributed by atoms with E-state index in [1.807, 2.05) is 35.8 Å². The number of imidazole rings is 1. The average molecular weight is 280 g/mol. The highest BCUT2D eigenvalue weighted by molar-refractivity contribution is 5.80. The van der Waals surface area contributed by atoms with Gasteiger partial charge in [-0.1, -0.05) is 12.1 Å². The summed E-state index contributed by atoms with van der Waals surface area (Å²) in [5.74, 6) is 0.487. The Kier molecular flexibility index (Phi) is 3.43. The molecule has 0 N–H and O–H groups in total. The predicted molar refractivity (Wildman–Crippen MR) is 81.1 cm³/mol. The van der Waals surface area contributed by atoms with E-state index in [0.29, 0.717) is 11.3 Å². The monoisotopic (exact) mass is 280 g/mol. The number of aryl methyl sites for hydroxylation is 1. The molecule has 1 aromatic carbocycles. The Bertz CT molecular complexity index is 803.